The minimum Gasteiger partial charge on any atom is -0.445 e. The highest BCUT2D eigenvalue weighted by atomic mass is 16.7. The zero-order valence-electron chi connectivity index (χ0n) is 13.8. The average Bonchev–Trinajstić information content (AvgIpc) is 2.65. The van der Waals surface area contributed by atoms with Crippen molar-refractivity contribution in [2.45, 2.75) is 18.7 Å². The Labute approximate surface area is 149 Å². The number of carbonyl (C=O) groups excluding carboxylic acids is 4. The number of nitrogens with one attached hydrogen (secondary N) is 3. The highest BCUT2D eigenvalue weighted by Gasteiger charge is 2.41. The van der Waals surface area contributed by atoms with Gasteiger partial charge in [0.25, 0.3) is 0 Å². The van der Waals surface area contributed by atoms with Crippen molar-refractivity contribution < 1.29 is 33.4 Å². The number of amides is 3. The van der Waals surface area contributed by atoms with Gasteiger partial charge in [-0.05, 0) is 5.56 Å². The fourth-order valence-electron chi connectivity index (χ4n) is 2.09. The lowest BCUT2D eigenvalue weighted by Gasteiger charge is -2.35. The Morgan fingerprint density at radius 2 is 1.92 bits per heavy atom. The molecule has 1 aromatic carbocycles. The summed E-state index contributed by atoms with van der Waals surface area (Å²) in [5, 5.41) is 7.24. The summed E-state index contributed by atoms with van der Waals surface area (Å²) in [5.41, 5.74) is 0.812. The molecule has 2 atom stereocenters. The van der Waals surface area contributed by atoms with Gasteiger partial charge in [-0.15, -0.1) is 0 Å². The van der Waals surface area contributed by atoms with E-state index in [-0.39, 0.29) is 26.4 Å². The van der Waals surface area contributed by atoms with Gasteiger partial charge in [0.15, 0.2) is 0 Å². The molecule has 3 amide bonds. The van der Waals surface area contributed by atoms with Crippen LogP contribution in [0.4, 0.5) is 9.59 Å². The Morgan fingerprint density at radius 1 is 1.15 bits per heavy atom. The Bertz CT molecular complexity index is 638. The smallest absolute Gasteiger partial charge is 0.445 e. The average molecular weight is 365 g/mol. The molecule has 2 unspecified atom stereocenters. The first-order chi connectivity index (χ1) is 12.6. The van der Waals surface area contributed by atoms with E-state index in [0.29, 0.717) is 6.41 Å². The summed E-state index contributed by atoms with van der Waals surface area (Å²) >= 11 is 0. The van der Waals surface area contributed by atoms with Crippen LogP contribution in [-0.4, -0.2) is 56.4 Å². The summed E-state index contributed by atoms with van der Waals surface area (Å²) < 4.78 is 14.6. The maximum atomic E-state index is 11.8. The zero-order chi connectivity index (χ0) is 18.8. The fraction of sp³-hybridized carbons (Fsp3) is 0.375. The van der Waals surface area contributed by atoms with Gasteiger partial charge in [0.05, 0.1) is 12.6 Å². The Hall–Kier alpha value is -3.30. The van der Waals surface area contributed by atoms with Crippen LogP contribution in [0.2, 0.25) is 0 Å². The Balaban J connectivity index is 1.66. The fourth-order valence-corrected chi connectivity index (χ4v) is 2.09. The summed E-state index contributed by atoms with van der Waals surface area (Å²) in [7, 11) is 0. The molecule has 0 radical (unpaired) electrons. The van der Waals surface area contributed by atoms with E-state index < -0.39 is 30.2 Å². The number of alkyl carbamates (subject to hydrolysis) is 1. The molecule has 1 fully saturated rings. The first kappa shape index (κ1) is 19.0. The second-order valence-corrected chi connectivity index (χ2v) is 5.28. The topological polar surface area (TPSA) is 132 Å². The van der Waals surface area contributed by atoms with E-state index in [1.165, 1.54) is 0 Å². The van der Waals surface area contributed by atoms with Crippen LogP contribution in [0.25, 0.3) is 0 Å². The van der Waals surface area contributed by atoms with E-state index in [1.54, 1.807) is 12.1 Å². The van der Waals surface area contributed by atoms with E-state index in [2.05, 4.69) is 20.7 Å². The molecule has 1 aromatic rings. The third kappa shape index (κ3) is 5.96. The van der Waals surface area contributed by atoms with Crippen LogP contribution < -0.4 is 16.0 Å². The minimum absolute atomic E-state index is 0.0396. The van der Waals surface area contributed by atoms with Crippen LogP contribution in [0.1, 0.15) is 5.56 Å². The van der Waals surface area contributed by atoms with Gasteiger partial charge in [0.1, 0.15) is 25.9 Å². The number of rotatable bonds is 9. The zero-order valence-corrected chi connectivity index (χ0v) is 13.8. The monoisotopic (exact) mass is 365 g/mol. The molecule has 26 heavy (non-hydrogen) atoms. The number of hydrogen-bond donors (Lipinski definition) is 3. The molecular weight excluding hydrogens is 346 g/mol. The van der Waals surface area contributed by atoms with Crippen LogP contribution in [-0.2, 0) is 30.4 Å². The second-order valence-electron chi connectivity index (χ2n) is 5.28. The molecule has 3 N–H and O–H groups in total. The lowest BCUT2D eigenvalue weighted by Crippen LogP contribution is -2.70. The maximum Gasteiger partial charge on any atom is 0.508 e. The Kier molecular flexibility index (Phi) is 7.22. The SMILES string of the molecule is O=CNCCOC(=O)OCC1NC(=O)C1NC(=O)OCc1ccccc1. The summed E-state index contributed by atoms with van der Waals surface area (Å²) in [5.74, 6) is -0.404. The summed E-state index contributed by atoms with van der Waals surface area (Å²) in [6, 6.07) is 7.65. The first-order valence-electron chi connectivity index (χ1n) is 7.84. The highest BCUT2D eigenvalue weighted by Crippen LogP contribution is 2.08. The number of ether oxygens (including phenoxy) is 3. The van der Waals surface area contributed by atoms with Crippen molar-refractivity contribution >= 4 is 24.6 Å². The third-order valence-electron chi connectivity index (χ3n) is 3.43. The van der Waals surface area contributed by atoms with Crippen LogP contribution >= 0.6 is 0 Å². The van der Waals surface area contributed by atoms with Gasteiger partial charge in [-0.25, -0.2) is 9.59 Å². The third-order valence-corrected chi connectivity index (χ3v) is 3.43. The molecule has 0 spiro atoms. The van der Waals surface area contributed by atoms with Crippen molar-refractivity contribution in [2.24, 2.45) is 0 Å². The van der Waals surface area contributed by atoms with E-state index in [1.807, 2.05) is 18.2 Å². The van der Waals surface area contributed by atoms with Gasteiger partial charge in [0.2, 0.25) is 12.3 Å². The second kappa shape index (κ2) is 9.87. The van der Waals surface area contributed by atoms with Crippen LogP contribution in [0, 0.1) is 0 Å². The molecule has 0 bridgehead atoms. The van der Waals surface area contributed by atoms with E-state index in [9.17, 15) is 19.2 Å². The van der Waals surface area contributed by atoms with Gasteiger partial charge in [-0.2, -0.15) is 0 Å². The van der Waals surface area contributed by atoms with Gasteiger partial charge in [-0.3, -0.25) is 9.59 Å². The van der Waals surface area contributed by atoms with Crippen molar-refractivity contribution in [1.82, 2.24) is 16.0 Å². The predicted octanol–water partition coefficient (Wildman–Crippen LogP) is -0.321. The number of hydrogen-bond acceptors (Lipinski definition) is 7. The van der Waals surface area contributed by atoms with Crippen LogP contribution in [0.15, 0.2) is 30.3 Å². The molecule has 0 aliphatic carbocycles. The van der Waals surface area contributed by atoms with Gasteiger partial charge in [0, 0.05) is 0 Å². The first-order valence-corrected chi connectivity index (χ1v) is 7.84. The molecule has 0 aromatic heterocycles. The summed E-state index contributed by atoms with van der Waals surface area (Å²) in [6.45, 7) is 0.0247. The van der Waals surface area contributed by atoms with Gasteiger partial charge < -0.3 is 30.2 Å². The van der Waals surface area contributed by atoms with Crippen molar-refractivity contribution in [3.8, 4) is 0 Å². The maximum absolute atomic E-state index is 11.8. The summed E-state index contributed by atoms with van der Waals surface area (Å²) in [4.78, 5) is 44.7. The van der Waals surface area contributed by atoms with Crippen molar-refractivity contribution in [1.29, 1.82) is 0 Å². The van der Waals surface area contributed by atoms with Crippen molar-refractivity contribution in [2.75, 3.05) is 19.8 Å². The molecule has 1 heterocycles. The number of β-lactam (4-membered cyclic amide) rings is 1. The molecule has 1 aliphatic heterocycles. The van der Waals surface area contributed by atoms with Crippen LogP contribution in [0.5, 0.6) is 0 Å². The molecule has 1 saturated heterocycles. The molecule has 10 nitrogen and oxygen atoms in total. The minimum atomic E-state index is -0.941. The molecule has 1 aliphatic rings. The van der Waals surface area contributed by atoms with Gasteiger partial charge >= 0.3 is 12.2 Å². The number of benzene rings is 1. The lowest BCUT2D eigenvalue weighted by atomic mass is 10.0. The largest absolute Gasteiger partial charge is 0.508 e. The highest BCUT2D eigenvalue weighted by molar-refractivity contribution is 5.92. The van der Waals surface area contributed by atoms with Crippen molar-refractivity contribution in [3.63, 3.8) is 0 Å². The molecular formula is C16H19N3O7. The standard InChI is InChI=1S/C16H19N3O7/c20-10-17-6-7-24-16(23)26-9-12-13(14(21)18-12)19-15(22)25-8-11-4-2-1-3-5-11/h1-5,10,12-13H,6-9H2,(H,17,20)(H,18,21)(H,19,22). The molecule has 2 rings (SSSR count). The summed E-state index contributed by atoms with van der Waals surface area (Å²) in [6.07, 6.45) is -1.21. The lowest BCUT2D eigenvalue weighted by molar-refractivity contribution is -0.133. The van der Waals surface area contributed by atoms with Crippen molar-refractivity contribution in [3.05, 3.63) is 35.9 Å². The van der Waals surface area contributed by atoms with Gasteiger partial charge in [-0.1, -0.05) is 30.3 Å². The molecule has 10 heteroatoms. The quantitative estimate of drug-likeness (QED) is 0.236. The predicted molar refractivity (Wildman–Crippen MR) is 86.8 cm³/mol. The van der Waals surface area contributed by atoms with Crippen LogP contribution in [0.3, 0.4) is 0 Å². The van der Waals surface area contributed by atoms with E-state index >= 15 is 0 Å². The van der Waals surface area contributed by atoms with E-state index in [0.717, 1.165) is 5.56 Å². The molecule has 0 saturated carbocycles. The number of carbonyl (C=O) groups is 4. The molecule has 140 valence electrons. The van der Waals surface area contributed by atoms with E-state index in [4.69, 9.17) is 9.47 Å². The Morgan fingerprint density at radius 3 is 2.62 bits per heavy atom. The normalized spacial score (nSPS) is 17.9.